The van der Waals surface area contributed by atoms with Crippen LogP contribution >= 0.6 is 27.5 Å². The van der Waals surface area contributed by atoms with Crippen molar-refractivity contribution in [1.82, 2.24) is 10.2 Å². The molecule has 2 amide bonds. The molecule has 1 fully saturated rings. The molecule has 0 bridgehead atoms. The van der Waals surface area contributed by atoms with Gasteiger partial charge in [0.2, 0.25) is 11.8 Å². The topological polar surface area (TPSA) is 49.4 Å². The second kappa shape index (κ2) is 5.92. The second-order valence-corrected chi connectivity index (χ2v) is 5.91. The first kappa shape index (κ1) is 14.3. The lowest BCUT2D eigenvalue weighted by molar-refractivity contribution is -0.132. The SMILES string of the molecule is CC1CC(=O)NCC(=O)N1Cc1ccc(Br)cc1Cl. The molecule has 0 aliphatic carbocycles. The number of carbonyl (C=O) groups excluding carboxylic acids is 2. The van der Waals surface area contributed by atoms with Gasteiger partial charge in [-0.15, -0.1) is 0 Å². The Kier molecular flexibility index (Phi) is 4.47. The molecule has 19 heavy (non-hydrogen) atoms. The Morgan fingerprint density at radius 2 is 2.21 bits per heavy atom. The van der Waals surface area contributed by atoms with Crippen molar-refractivity contribution in [3.05, 3.63) is 33.3 Å². The zero-order valence-electron chi connectivity index (χ0n) is 10.5. The summed E-state index contributed by atoms with van der Waals surface area (Å²) in [7, 11) is 0. The van der Waals surface area contributed by atoms with E-state index in [4.69, 9.17) is 11.6 Å². The largest absolute Gasteiger partial charge is 0.347 e. The molecule has 1 N–H and O–H groups in total. The van der Waals surface area contributed by atoms with Gasteiger partial charge in [-0.25, -0.2) is 0 Å². The molecule has 0 saturated carbocycles. The Balaban J connectivity index is 2.20. The fourth-order valence-electron chi connectivity index (χ4n) is 2.05. The first-order valence-corrected chi connectivity index (χ1v) is 7.14. The fourth-order valence-corrected chi connectivity index (χ4v) is 2.78. The number of benzene rings is 1. The molecular weight excluding hydrogens is 332 g/mol. The highest BCUT2D eigenvalue weighted by Gasteiger charge is 2.26. The van der Waals surface area contributed by atoms with E-state index in [1.165, 1.54) is 0 Å². The summed E-state index contributed by atoms with van der Waals surface area (Å²) in [6, 6.07) is 5.44. The molecule has 0 radical (unpaired) electrons. The molecule has 1 aliphatic heterocycles. The molecule has 1 aromatic carbocycles. The summed E-state index contributed by atoms with van der Waals surface area (Å²) in [6.07, 6.45) is 0.319. The van der Waals surface area contributed by atoms with Crippen molar-refractivity contribution < 1.29 is 9.59 Å². The Hall–Kier alpha value is -1.07. The fraction of sp³-hybridized carbons (Fsp3) is 0.385. The van der Waals surface area contributed by atoms with E-state index in [0.717, 1.165) is 10.0 Å². The molecular formula is C13H14BrClN2O2. The van der Waals surface area contributed by atoms with Crippen LogP contribution in [0.2, 0.25) is 5.02 Å². The molecule has 1 aliphatic rings. The summed E-state index contributed by atoms with van der Waals surface area (Å²) in [5.41, 5.74) is 0.874. The maximum Gasteiger partial charge on any atom is 0.242 e. The summed E-state index contributed by atoms with van der Waals surface area (Å²) in [5, 5.41) is 3.20. The maximum atomic E-state index is 12.0. The first-order chi connectivity index (χ1) is 8.97. The molecule has 6 heteroatoms. The van der Waals surface area contributed by atoms with E-state index in [2.05, 4.69) is 21.2 Å². The molecule has 0 aromatic heterocycles. The number of rotatable bonds is 2. The van der Waals surface area contributed by atoms with Crippen LogP contribution in [-0.4, -0.2) is 29.3 Å². The lowest BCUT2D eigenvalue weighted by Gasteiger charge is -2.26. The molecule has 102 valence electrons. The van der Waals surface area contributed by atoms with Crippen LogP contribution < -0.4 is 5.32 Å². The summed E-state index contributed by atoms with van der Waals surface area (Å²) in [6.45, 7) is 2.34. The van der Waals surface area contributed by atoms with Crippen LogP contribution in [0.1, 0.15) is 18.9 Å². The van der Waals surface area contributed by atoms with Crippen molar-refractivity contribution in [3.8, 4) is 0 Å². The predicted molar refractivity (Wildman–Crippen MR) is 76.8 cm³/mol. The third-order valence-electron chi connectivity index (χ3n) is 3.13. The monoisotopic (exact) mass is 344 g/mol. The summed E-state index contributed by atoms with van der Waals surface area (Å²) in [5.74, 6) is -0.178. The average Bonchev–Trinajstić information content (AvgIpc) is 2.45. The van der Waals surface area contributed by atoms with Crippen molar-refractivity contribution in [2.45, 2.75) is 25.9 Å². The van der Waals surface area contributed by atoms with Gasteiger partial charge in [0.25, 0.3) is 0 Å². The standard InChI is InChI=1S/C13H14BrClN2O2/c1-8-4-12(18)16-6-13(19)17(8)7-9-2-3-10(14)5-11(9)15/h2-3,5,8H,4,6-7H2,1H3,(H,16,18). The maximum absolute atomic E-state index is 12.0. The number of amides is 2. The van der Waals surface area contributed by atoms with Crippen molar-refractivity contribution in [3.63, 3.8) is 0 Å². The van der Waals surface area contributed by atoms with E-state index in [-0.39, 0.29) is 24.4 Å². The number of carbonyl (C=O) groups is 2. The minimum Gasteiger partial charge on any atom is -0.347 e. The number of hydrogen-bond acceptors (Lipinski definition) is 2. The lowest BCUT2D eigenvalue weighted by atomic mass is 10.1. The van der Waals surface area contributed by atoms with E-state index < -0.39 is 0 Å². The van der Waals surface area contributed by atoms with Gasteiger partial charge in [0.1, 0.15) is 0 Å². The van der Waals surface area contributed by atoms with Gasteiger partial charge in [-0.2, -0.15) is 0 Å². The number of halogens is 2. The van der Waals surface area contributed by atoms with E-state index in [1.807, 2.05) is 19.1 Å². The third-order valence-corrected chi connectivity index (χ3v) is 3.97. The van der Waals surface area contributed by atoms with Gasteiger partial charge in [0.15, 0.2) is 0 Å². The average molecular weight is 346 g/mol. The van der Waals surface area contributed by atoms with Gasteiger partial charge in [-0.1, -0.05) is 33.6 Å². The molecule has 2 rings (SSSR count). The first-order valence-electron chi connectivity index (χ1n) is 5.97. The molecule has 1 aromatic rings. The van der Waals surface area contributed by atoms with E-state index in [9.17, 15) is 9.59 Å². The lowest BCUT2D eigenvalue weighted by Crippen LogP contribution is -2.39. The van der Waals surface area contributed by atoms with Crippen LogP contribution in [0.15, 0.2) is 22.7 Å². The Labute approximate surface area is 125 Å². The number of nitrogens with one attached hydrogen (secondary N) is 1. The number of hydrogen-bond donors (Lipinski definition) is 1. The molecule has 4 nitrogen and oxygen atoms in total. The number of nitrogens with zero attached hydrogens (tertiary/aromatic N) is 1. The van der Waals surface area contributed by atoms with Crippen LogP contribution in [0.4, 0.5) is 0 Å². The highest BCUT2D eigenvalue weighted by Crippen LogP contribution is 2.24. The van der Waals surface area contributed by atoms with Gasteiger partial charge in [0, 0.05) is 28.5 Å². The van der Waals surface area contributed by atoms with Crippen molar-refractivity contribution >= 4 is 39.3 Å². The Bertz CT molecular complexity index is 521. The van der Waals surface area contributed by atoms with E-state index in [0.29, 0.717) is 18.0 Å². The minimum atomic E-state index is -0.130. The Morgan fingerprint density at radius 1 is 1.47 bits per heavy atom. The van der Waals surface area contributed by atoms with Crippen molar-refractivity contribution in [2.75, 3.05) is 6.54 Å². The minimum absolute atomic E-state index is 0.0529. The molecule has 1 unspecified atom stereocenters. The molecule has 0 spiro atoms. The molecule has 1 heterocycles. The van der Waals surface area contributed by atoms with Gasteiger partial charge in [-0.3, -0.25) is 9.59 Å². The summed E-state index contributed by atoms with van der Waals surface area (Å²) >= 11 is 9.51. The van der Waals surface area contributed by atoms with Crippen LogP contribution in [-0.2, 0) is 16.1 Å². The molecule has 1 atom stereocenters. The quantitative estimate of drug-likeness (QED) is 0.894. The second-order valence-electron chi connectivity index (χ2n) is 4.59. The van der Waals surface area contributed by atoms with Gasteiger partial charge < -0.3 is 10.2 Å². The highest BCUT2D eigenvalue weighted by atomic mass is 79.9. The smallest absolute Gasteiger partial charge is 0.242 e. The Morgan fingerprint density at radius 3 is 2.89 bits per heavy atom. The van der Waals surface area contributed by atoms with E-state index in [1.54, 1.807) is 11.0 Å². The van der Waals surface area contributed by atoms with Gasteiger partial charge in [0.05, 0.1) is 6.54 Å². The van der Waals surface area contributed by atoms with Crippen molar-refractivity contribution in [2.24, 2.45) is 0 Å². The molecule has 1 saturated heterocycles. The third kappa shape index (κ3) is 3.48. The van der Waals surface area contributed by atoms with Crippen LogP contribution in [0.25, 0.3) is 0 Å². The van der Waals surface area contributed by atoms with Crippen molar-refractivity contribution in [1.29, 1.82) is 0 Å². The zero-order valence-corrected chi connectivity index (χ0v) is 12.8. The highest BCUT2D eigenvalue weighted by molar-refractivity contribution is 9.10. The van der Waals surface area contributed by atoms with E-state index >= 15 is 0 Å². The summed E-state index contributed by atoms with van der Waals surface area (Å²) in [4.78, 5) is 25.1. The normalized spacial score (nSPS) is 20.2. The van der Waals surface area contributed by atoms with Gasteiger partial charge >= 0.3 is 0 Å². The van der Waals surface area contributed by atoms with Crippen LogP contribution in [0.5, 0.6) is 0 Å². The van der Waals surface area contributed by atoms with Crippen LogP contribution in [0, 0.1) is 0 Å². The predicted octanol–water partition coefficient (Wildman–Crippen LogP) is 2.34. The summed E-state index contributed by atoms with van der Waals surface area (Å²) < 4.78 is 0.897. The van der Waals surface area contributed by atoms with Gasteiger partial charge in [-0.05, 0) is 24.6 Å². The zero-order chi connectivity index (χ0) is 14.0. The van der Waals surface area contributed by atoms with Crippen LogP contribution in [0.3, 0.4) is 0 Å².